The van der Waals surface area contributed by atoms with E-state index in [1.165, 1.54) is 17.0 Å². The first-order valence-electron chi connectivity index (χ1n) is 6.63. The summed E-state index contributed by atoms with van der Waals surface area (Å²) < 4.78 is 25.0. The maximum Gasteiger partial charge on any atom is 0.256 e. The lowest BCUT2D eigenvalue weighted by atomic mass is 10.1. The van der Waals surface area contributed by atoms with Crippen LogP contribution in [0.4, 0.5) is 4.39 Å². The van der Waals surface area contributed by atoms with Gasteiger partial charge in [0.25, 0.3) is 5.91 Å². The molecule has 2 aromatic carbocycles. The molecule has 0 radical (unpaired) electrons. The quantitative estimate of drug-likeness (QED) is 0.834. The first-order chi connectivity index (χ1) is 10.5. The van der Waals surface area contributed by atoms with Gasteiger partial charge in [-0.3, -0.25) is 4.79 Å². The predicted octanol–water partition coefficient (Wildman–Crippen LogP) is 3.59. The van der Waals surface area contributed by atoms with E-state index in [0.29, 0.717) is 22.5 Å². The lowest BCUT2D eigenvalue weighted by Crippen LogP contribution is -2.27. The fourth-order valence-electron chi connectivity index (χ4n) is 2.25. The zero-order valence-electron chi connectivity index (χ0n) is 11.8. The Morgan fingerprint density at radius 2 is 2.00 bits per heavy atom. The number of ether oxygens (including phenoxy) is 2. The van der Waals surface area contributed by atoms with Crippen molar-refractivity contribution in [2.24, 2.45) is 0 Å². The number of rotatable bonds is 3. The summed E-state index contributed by atoms with van der Waals surface area (Å²) in [6.45, 7) is 0.554. The van der Waals surface area contributed by atoms with E-state index in [1.54, 1.807) is 19.2 Å². The van der Waals surface area contributed by atoms with Gasteiger partial charge in [-0.2, -0.15) is 0 Å². The third-order valence-electron chi connectivity index (χ3n) is 3.36. The normalized spacial score (nSPS) is 12.3. The van der Waals surface area contributed by atoms with E-state index >= 15 is 0 Å². The molecule has 0 unspecified atom stereocenters. The summed E-state index contributed by atoms with van der Waals surface area (Å²) in [4.78, 5) is 13.8. The molecule has 0 N–H and O–H groups in total. The first kappa shape index (κ1) is 14.8. The summed E-state index contributed by atoms with van der Waals surface area (Å²) in [5.41, 5.74) is 0.924. The minimum atomic E-state index is -0.536. The van der Waals surface area contributed by atoms with E-state index in [9.17, 15) is 9.18 Å². The molecule has 22 heavy (non-hydrogen) atoms. The highest BCUT2D eigenvalue weighted by atomic mass is 79.9. The van der Waals surface area contributed by atoms with Crippen LogP contribution in [0, 0.1) is 5.82 Å². The first-order valence-corrected chi connectivity index (χ1v) is 7.43. The van der Waals surface area contributed by atoms with Crippen molar-refractivity contribution in [3.05, 3.63) is 57.8 Å². The van der Waals surface area contributed by atoms with Crippen LogP contribution in [0.1, 0.15) is 15.9 Å². The minimum Gasteiger partial charge on any atom is -0.454 e. The van der Waals surface area contributed by atoms with Gasteiger partial charge in [0.1, 0.15) is 5.82 Å². The number of benzene rings is 2. The van der Waals surface area contributed by atoms with Crippen molar-refractivity contribution in [3.63, 3.8) is 0 Å². The number of carbonyl (C=O) groups excluding carboxylic acids is 1. The van der Waals surface area contributed by atoms with Crippen molar-refractivity contribution in [2.75, 3.05) is 13.8 Å². The van der Waals surface area contributed by atoms with Gasteiger partial charge in [0.05, 0.1) is 5.56 Å². The van der Waals surface area contributed by atoms with Crippen molar-refractivity contribution in [1.82, 2.24) is 4.90 Å². The molecule has 1 aliphatic heterocycles. The van der Waals surface area contributed by atoms with E-state index in [0.717, 1.165) is 5.56 Å². The fraction of sp³-hybridized carbons (Fsp3) is 0.188. The van der Waals surface area contributed by atoms with Crippen LogP contribution in [0.3, 0.4) is 0 Å². The van der Waals surface area contributed by atoms with Crippen LogP contribution in [0.5, 0.6) is 11.5 Å². The van der Waals surface area contributed by atoms with Crippen LogP contribution in [-0.4, -0.2) is 24.6 Å². The molecule has 6 heteroatoms. The highest BCUT2D eigenvalue weighted by Gasteiger charge is 2.18. The maximum atomic E-state index is 13.8. The van der Waals surface area contributed by atoms with E-state index in [4.69, 9.17) is 9.47 Å². The summed E-state index contributed by atoms with van der Waals surface area (Å²) in [6, 6.07) is 9.79. The second-order valence-electron chi connectivity index (χ2n) is 4.97. The third-order valence-corrected chi connectivity index (χ3v) is 3.86. The number of carbonyl (C=O) groups is 1. The van der Waals surface area contributed by atoms with Gasteiger partial charge in [0.15, 0.2) is 11.5 Å². The van der Waals surface area contributed by atoms with Gasteiger partial charge < -0.3 is 14.4 Å². The van der Waals surface area contributed by atoms with Gasteiger partial charge in [-0.05, 0) is 35.9 Å². The van der Waals surface area contributed by atoms with Crippen LogP contribution in [0.2, 0.25) is 0 Å². The number of fused-ring (bicyclic) bond motifs is 1. The molecule has 0 spiro atoms. The van der Waals surface area contributed by atoms with Crippen LogP contribution in [0.15, 0.2) is 40.9 Å². The van der Waals surface area contributed by atoms with Crippen molar-refractivity contribution >= 4 is 21.8 Å². The lowest BCUT2D eigenvalue weighted by molar-refractivity contribution is 0.0780. The largest absolute Gasteiger partial charge is 0.454 e. The Kier molecular flexibility index (Phi) is 4.02. The van der Waals surface area contributed by atoms with Gasteiger partial charge in [-0.25, -0.2) is 4.39 Å². The van der Waals surface area contributed by atoms with Crippen molar-refractivity contribution in [3.8, 4) is 11.5 Å². The summed E-state index contributed by atoms with van der Waals surface area (Å²) in [6.07, 6.45) is 0. The Labute approximate surface area is 135 Å². The van der Waals surface area contributed by atoms with E-state index < -0.39 is 5.82 Å². The number of amides is 1. The Balaban J connectivity index is 1.77. The Morgan fingerprint density at radius 3 is 2.82 bits per heavy atom. The smallest absolute Gasteiger partial charge is 0.256 e. The average molecular weight is 366 g/mol. The molecular weight excluding hydrogens is 353 g/mol. The van der Waals surface area contributed by atoms with Crippen molar-refractivity contribution < 1.29 is 18.7 Å². The molecule has 0 saturated carbocycles. The lowest BCUT2D eigenvalue weighted by Gasteiger charge is -2.18. The molecule has 1 aliphatic rings. The van der Waals surface area contributed by atoms with Crippen LogP contribution < -0.4 is 9.47 Å². The Hall–Kier alpha value is -2.08. The average Bonchev–Trinajstić information content (AvgIpc) is 2.96. The van der Waals surface area contributed by atoms with Crippen molar-refractivity contribution in [1.29, 1.82) is 0 Å². The SMILES string of the molecule is CN(Cc1ccc2c(c1)OCO2)C(=O)c1cc(Br)ccc1F. The van der Waals surface area contributed by atoms with Gasteiger partial charge >= 0.3 is 0 Å². The molecule has 0 saturated heterocycles. The maximum absolute atomic E-state index is 13.8. The highest BCUT2D eigenvalue weighted by molar-refractivity contribution is 9.10. The molecule has 2 aromatic rings. The molecule has 4 nitrogen and oxygen atoms in total. The molecule has 3 rings (SSSR count). The Bertz CT molecular complexity index is 735. The molecule has 114 valence electrons. The monoisotopic (exact) mass is 365 g/mol. The zero-order chi connectivity index (χ0) is 15.7. The molecule has 0 aliphatic carbocycles. The fourth-order valence-corrected chi connectivity index (χ4v) is 2.61. The van der Waals surface area contributed by atoms with E-state index in [2.05, 4.69) is 15.9 Å². The predicted molar refractivity (Wildman–Crippen MR) is 82.5 cm³/mol. The van der Waals surface area contributed by atoms with Gasteiger partial charge in [0, 0.05) is 18.1 Å². The minimum absolute atomic E-state index is 0.0395. The molecule has 0 atom stereocenters. The number of halogens is 2. The second-order valence-corrected chi connectivity index (χ2v) is 5.89. The van der Waals surface area contributed by atoms with Crippen LogP contribution in [0.25, 0.3) is 0 Å². The summed E-state index contributed by atoms with van der Waals surface area (Å²) >= 11 is 3.25. The molecule has 0 aromatic heterocycles. The summed E-state index contributed by atoms with van der Waals surface area (Å²) in [7, 11) is 1.63. The Morgan fingerprint density at radius 1 is 1.23 bits per heavy atom. The van der Waals surface area contributed by atoms with Gasteiger partial charge in [-0.1, -0.05) is 22.0 Å². The van der Waals surface area contributed by atoms with Gasteiger partial charge in [0.2, 0.25) is 6.79 Å². The molecular formula is C16H13BrFNO3. The molecule has 1 heterocycles. The zero-order valence-corrected chi connectivity index (χ0v) is 13.4. The second kappa shape index (κ2) is 5.96. The number of hydrogen-bond donors (Lipinski definition) is 0. The highest BCUT2D eigenvalue weighted by Crippen LogP contribution is 2.32. The number of hydrogen-bond acceptors (Lipinski definition) is 3. The van der Waals surface area contributed by atoms with Gasteiger partial charge in [-0.15, -0.1) is 0 Å². The molecule has 0 bridgehead atoms. The standard InChI is InChI=1S/C16H13BrFNO3/c1-19(16(20)12-7-11(17)3-4-13(12)18)8-10-2-5-14-15(6-10)22-9-21-14/h2-7H,8-9H2,1H3. The number of nitrogens with zero attached hydrogens (tertiary/aromatic N) is 1. The molecule has 0 fully saturated rings. The summed E-state index contributed by atoms with van der Waals surface area (Å²) in [5, 5.41) is 0. The van der Waals surface area contributed by atoms with Crippen LogP contribution in [-0.2, 0) is 6.54 Å². The summed E-state index contributed by atoms with van der Waals surface area (Å²) in [5.74, 6) is 0.435. The topological polar surface area (TPSA) is 38.8 Å². The van der Waals surface area contributed by atoms with Crippen LogP contribution >= 0.6 is 15.9 Å². The third kappa shape index (κ3) is 2.92. The molecule has 1 amide bonds. The van der Waals surface area contributed by atoms with Crippen molar-refractivity contribution in [2.45, 2.75) is 6.54 Å². The van der Waals surface area contributed by atoms with E-state index in [1.807, 2.05) is 12.1 Å². The van der Waals surface area contributed by atoms with E-state index in [-0.39, 0.29) is 18.3 Å².